The Morgan fingerprint density at radius 1 is 1.03 bits per heavy atom. The molecule has 0 spiro atoms. The van der Waals surface area contributed by atoms with E-state index in [0.29, 0.717) is 5.56 Å². The summed E-state index contributed by atoms with van der Waals surface area (Å²) in [6.07, 6.45) is 0. The lowest BCUT2D eigenvalue weighted by atomic mass is 9.81. The number of rotatable bonds is 6. The fourth-order valence-corrected chi connectivity index (χ4v) is 4.99. The summed E-state index contributed by atoms with van der Waals surface area (Å²) >= 11 is 0. The molecule has 4 rings (SSSR count). The van der Waals surface area contributed by atoms with E-state index >= 15 is 0 Å². The summed E-state index contributed by atoms with van der Waals surface area (Å²) in [4.78, 5) is 55.2. The summed E-state index contributed by atoms with van der Waals surface area (Å²) in [5, 5.41) is 3.17. The SMILES string of the molecule is COC(=O)[C@]1(C)N[C@H](CN(C)C(=O)c2ccccc2)[C@@H]2C(=O)N(Cc3ccccc3)C(=O)[C@@H]21. The number of esters is 1. The summed E-state index contributed by atoms with van der Waals surface area (Å²) in [6, 6.07) is 17.5. The van der Waals surface area contributed by atoms with Crippen molar-refractivity contribution in [2.75, 3.05) is 20.7 Å². The first kappa shape index (κ1) is 22.7. The molecule has 2 aliphatic heterocycles. The summed E-state index contributed by atoms with van der Waals surface area (Å²) in [7, 11) is 2.90. The van der Waals surface area contributed by atoms with Crippen LogP contribution in [0.5, 0.6) is 0 Å². The first-order valence-electron chi connectivity index (χ1n) is 10.8. The van der Waals surface area contributed by atoms with Crippen LogP contribution in [0.25, 0.3) is 0 Å². The molecule has 0 aliphatic carbocycles. The number of likely N-dealkylation sites (N-methyl/N-ethyl adjacent to an activating group) is 1. The van der Waals surface area contributed by atoms with Crippen LogP contribution >= 0.6 is 0 Å². The maximum Gasteiger partial charge on any atom is 0.326 e. The Bertz CT molecular complexity index is 1070. The number of amides is 3. The Kier molecular flexibility index (Phi) is 6.03. The van der Waals surface area contributed by atoms with E-state index in [1.54, 1.807) is 38.2 Å². The summed E-state index contributed by atoms with van der Waals surface area (Å²) in [5.74, 6) is -3.27. The Balaban J connectivity index is 1.62. The normalized spacial score (nSPS) is 26.3. The van der Waals surface area contributed by atoms with Gasteiger partial charge in [0.05, 0.1) is 25.5 Å². The molecule has 0 radical (unpaired) electrons. The zero-order valence-electron chi connectivity index (χ0n) is 18.9. The van der Waals surface area contributed by atoms with Crippen LogP contribution in [0, 0.1) is 11.8 Å². The van der Waals surface area contributed by atoms with Crippen LogP contribution in [0.4, 0.5) is 0 Å². The first-order chi connectivity index (χ1) is 15.8. The number of methoxy groups -OCH3 is 1. The summed E-state index contributed by atoms with van der Waals surface area (Å²) in [5.41, 5.74) is -0.0385. The van der Waals surface area contributed by atoms with Gasteiger partial charge in [-0.3, -0.25) is 29.4 Å². The Morgan fingerprint density at radius 3 is 2.24 bits per heavy atom. The van der Waals surface area contributed by atoms with Gasteiger partial charge in [-0.25, -0.2) is 0 Å². The van der Waals surface area contributed by atoms with E-state index in [9.17, 15) is 19.2 Å². The second-order valence-electron chi connectivity index (χ2n) is 8.75. The van der Waals surface area contributed by atoms with Crippen LogP contribution in [0.1, 0.15) is 22.8 Å². The molecular weight excluding hydrogens is 422 g/mol. The number of hydrogen-bond donors (Lipinski definition) is 1. The van der Waals surface area contributed by atoms with Gasteiger partial charge in [-0.2, -0.15) is 0 Å². The monoisotopic (exact) mass is 449 g/mol. The van der Waals surface area contributed by atoms with Gasteiger partial charge in [-0.15, -0.1) is 0 Å². The van der Waals surface area contributed by atoms with E-state index in [-0.39, 0.29) is 24.9 Å². The standard InChI is InChI=1S/C25H27N3O5/c1-25(24(32)33-3)20-19(22(30)28(23(20)31)14-16-10-6-4-7-11-16)18(26-25)15-27(2)21(29)17-12-8-5-9-13-17/h4-13,18-20,26H,14-15H2,1-3H3/t18-,19+,20-,25-/m1/s1. The number of imide groups is 1. The van der Waals surface area contributed by atoms with Gasteiger partial charge in [0.2, 0.25) is 11.8 Å². The molecule has 2 aliphatic rings. The van der Waals surface area contributed by atoms with E-state index in [4.69, 9.17) is 4.74 Å². The third kappa shape index (κ3) is 3.91. The van der Waals surface area contributed by atoms with E-state index in [1.807, 2.05) is 36.4 Å². The van der Waals surface area contributed by atoms with Gasteiger partial charge in [-0.05, 0) is 24.6 Å². The molecule has 2 aromatic rings. The lowest BCUT2D eigenvalue weighted by molar-refractivity contribution is -0.153. The van der Waals surface area contributed by atoms with Gasteiger partial charge in [0.25, 0.3) is 5.91 Å². The van der Waals surface area contributed by atoms with E-state index in [0.717, 1.165) is 5.56 Å². The molecule has 33 heavy (non-hydrogen) atoms. The van der Waals surface area contributed by atoms with Crippen LogP contribution in [-0.4, -0.2) is 65.8 Å². The van der Waals surface area contributed by atoms with Gasteiger partial charge >= 0.3 is 5.97 Å². The third-order valence-corrected chi connectivity index (χ3v) is 6.61. The topological polar surface area (TPSA) is 96.0 Å². The van der Waals surface area contributed by atoms with Gasteiger partial charge in [0.1, 0.15) is 5.54 Å². The summed E-state index contributed by atoms with van der Waals surface area (Å²) in [6.45, 7) is 1.88. The van der Waals surface area contributed by atoms with Crippen molar-refractivity contribution in [3.8, 4) is 0 Å². The van der Waals surface area contributed by atoms with E-state index in [1.165, 1.54) is 16.9 Å². The largest absolute Gasteiger partial charge is 0.468 e. The molecule has 2 heterocycles. The molecule has 2 aromatic carbocycles. The number of carbonyl (C=O) groups is 4. The second kappa shape index (κ2) is 8.78. The average Bonchev–Trinajstić information content (AvgIpc) is 3.27. The van der Waals surface area contributed by atoms with E-state index < -0.39 is 35.3 Å². The van der Waals surface area contributed by atoms with Gasteiger partial charge in [0, 0.05) is 25.2 Å². The molecule has 0 aromatic heterocycles. The predicted octanol–water partition coefficient (Wildman–Crippen LogP) is 1.46. The second-order valence-corrected chi connectivity index (χ2v) is 8.75. The lowest BCUT2D eigenvalue weighted by Gasteiger charge is -2.30. The minimum atomic E-state index is -1.38. The summed E-state index contributed by atoms with van der Waals surface area (Å²) < 4.78 is 4.99. The molecule has 0 saturated carbocycles. The number of benzene rings is 2. The molecule has 8 heteroatoms. The maximum absolute atomic E-state index is 13.4. The van der Waals surface area contributed by atoms with Crippen molar-refractivity contribution in [2.45, 2.75) is 25.0 Å². The molecular formula is C25H27N3O5. The van der Waals surface area contributed by atoms with Crippen LogP contribution in [-0.2, 0) is 25.7 Å². The average molecular weight is 450 g/mol. The molecule has 2 fully saturated rings. The minimum absolute atomic E-state index is 0.133. The Labute approximate surface area is 192 Å². The van der Waals surface area contributed by atoms with E-state index in [2.05, 4.69) is 5.32 Å². The minimum Gasteiger partial charge on any atom is -0.468 e. The molecule has 0 bridgehead atoms. The van der Waals surface area contributed by atoms with Gasteiger partial charge in [-0.1, -0.05) is 48.5 Å². The van der Waals surface area contributed by atoms with Crippen molar-refractivity contribution >= 4 is 23.7 Å². The number of likely N-dealkylation sites (tertiary alicyclic amines) is 1. The zero-order valence-corrected chi connectivity index (χ0v) is 18.9. The van der Waals surface area contributed by atoms with Gasteiger partial charge in [0.15, 0.2) is 0 Å². The molecule has 0 unspecified atom stereocenters. The van der Waals surface area contributed by atoms with Crippen molar-refractivity contribution in [2.24, 2.45) is 11.8 Å². The van der Waals surface area contributed by atoms with Crippen molar-refractivity contribution in [3.05, 3.63) is 71.8 Å². The van der Waals surface area contributed by atoms with Crippen molar-refractivity contribution in [3.63, 3.8) is 0 Å². The maximum atomic E-state index is 13.4. The third-order valence-electron chi connectivity index (χ3n) is 6.61. The predicted molar refractivity (Wildman–Crippen MR) is 120 cm³/mol. The highest BCUT2D eigenvalue weighted by Crippen LogP contribution is 2.44. The number of fused-ring (bicyclic) bond motifs is 1. The smallest absolute Gasteiger partial charge is 0.326 e. The van der Waals surface area contributed by atoms with Gasteiger partial charge < -0.3 is 9.64 Å². The van der Waals surface area contributed by atoms with Crippen LogP contribution < -0.4 is 5.32 Å². The van der Waals surface area contributed by atoms with Crippen molar-refractivity contribution in [1.29, 1.82) is 0 Å². The van der Waals surface area contributed by atoms with Crippen molar-refractivity contribution < 1.29 is 23.9 Å². The highest BCUT2D eigenvalue weighted by atomic mass is 16.5. The lowest BCUT2D eigenvalue weighted by Crippen LogP contribution is -2.56. The Morgan fingerprint density at radius 2 is 1.64 bits per heavy atom. The number of nitrogens with one attached hydrogen (secondary N) is 1. The molecule has 8 nitrogen and oxygen atoms in total. The molecule has 1 N–H and O–H groups in total. The molecule has 172 valence electrons. The van der Waals surface area contributed by atoms with Crippen LogP contribution in [0.3, 0.4) is 0 Å². The quantitative estimate of drug-likeness (QED) is 0.530. The molecule has 3 amide bonds. The number of hydrogen-bond acceptors (Lipinski definition) is 6. The highest BCUT2D eigenvalue weighted by Gasteiger charge is 2.66. The number of nitrogens with zero attached hydrogens (tertiary/aromatic N) is 2. The fraction of sp³-hybridized carbons (Fsp3) is 0.360. The molecule has 4 atom stereocenters. The van der Waals surface area contributed by atoms with Crippen molar-refractivity contribution in [1.82, 2.24) is 15.1 Å². The van der Waals surface area contributed by atoms with Crippen LogP contribution in [0.2, 0.25) is 0 Å². The number of carbonyl (C=O) groups excluding carboxylic acids is 4. The van der Waals surface area contributed by atoms with Crippen LogP contribution in [0.15, 0.2) is 60.7 Å². The zero-order chi connectivity index (χ0) is 23.8. The number of ether oxygens (including phenoxy) is 1. The molecule has 2 saturated heterocycles. The fourth-order valence-electron chi connectivity index (χ4n) is 4.99. The highest BCUT2D eigenvalue weighted by molar-refractivity contribution is 6.09. The first-order valence-corrected chi connectivity index (χ1v) is 10.8. The Hall–Kier alpha value is -3.52.